The minimum Gasteiger partial charge on any atom is -0.493 e. The second-order valence-corrected chi connectivity index (χ2v) is 7.72. The molecule has 1 aromatic heterocycles. The number of aliphatic hydroxyl groups is 1. The van der Waals surface area contributed by atoms with E-state index < -0.39 is 6.10 Å². The summed E-state index contributed by atoms with van der Waals surface area (Å²) in [5, 5.41) is 11.6. The first-order valence-electron chi connectivity index (χ1n) is 10.4. The molecular formula is C24H29N3O3. The predicted octanol–water partition coefficient (Wildman–Crippen LogP) is 3.11. The molecule has 2 heterocycles. The maximum absolute atomic E-state index is 10.4. The number of hydrogen-bond acceptors (Lipinski definition) is 6. The van der Waals surface area contributed by atoms with E-state index in [1.807, 2.05) is 30.3 Å². The molecule has 0 saturated carbocycles. The molecular weight excluding hydrogens is 378 g/mol. The summed E-state index contributed by atoms with van der Waals surface area (Å²) in [7, 11) is 1.62. The molecule has 0 amide bonds. The number of benzene rings is 2. The Hall–Kier alpha value is -2.83. The van der Waals surface area contributed by atoms with E-state index in [0.717, 1.165) is 37.5 Å². The molecule has 2 aromatic carbocycles. The quantitative estimate of drug-likeness (QED) is 0.650. The van der Waals surface area contributed by atoms with Gasteiger partial charge in [-0.2, -0.15) is 0 Å². The summed E-state index contributed by atoms with van der Waals surface area (Å²) in [6.07, 6.45) is -0.553. The van der Waals surface area contributed by atoms with Crippen molar-refractivity contribution in [1.29, 1.82) is 0 Å². The number of β-amino-alcohol motifs (C(OH)–C–C–N with tert-alkyl or cyclic N) is 1. The van der Waals surface area contributed by atoms with Crippen molar-refractivity contribution in [1.82, 2.24) is 9.88 Å². The third-order valence-corrected chi connectivity index (χ3v) is 5.58. The van der Waals surface area contributed by atoms with Gasteiger partial charge in [0.1, 0.15) is 18.5 Å². The van der Waals surface area contributed by atoms with Gasteiger partial charge < -0.3 is 19.5 Å². The number of anilines is 1. The number of nitrogens with zero attached hydrogens (tertiary/aromatic N) is 3. The average Bonchev–Trinajstić information content (AvgIpc) is 2.78. The van der Waals surface area contributed by atoms with Gasteiger partial charge in [-0.25, -0.2) is 4.98 Å². The molecule has 1 saturated heterocycles. The number of rotatable bonds is 7. The molecule has 1 aliphatic rings. The molecule has 158 valence electrons. The van der Waals surface area contributed by atoms with Crippen LogP contribution in [0.1, 0.15) is 5.56 Å². The van der Waals surface area contributed by atoms with Crippen molar-refractivity contribution in [3.8, 4) is 11.5 Å². The number of aryl methyl sites for hydroxylation is 1. The summed E-state index contributed by atoms with van der Waals surface area (Å²) < 4.78 is 11.0. The summed E-state index contributed by atoms with van der Waals surface area (Å²) in [6, 6.07) is 17.9. The van der Waals surface area contributed by atoms with Crippen molar-refractivity contribution < 1.29 is 14.6 Å². The van der Waals surface area contributed by atoms with Crippen LogP contribution >= 0.6 is 0 Å². The topological polar surface area (TPSA) is 58.1 Å². The Bertz CT molecular complexity index is 986. The van der Waals surface area contributed by atoms with Gasteiger partial charge in [0.25, 0.3) is 0 Å². The highest BCUT2D eigenvalue weighted by Crippen LogP contribution is 2.26. The maximum atomic E-state index is 10.4. The van der Waals surface area contributed by atoms with Gasteiger partial charge in [-0.1, -0.05) is 30.3 Å². The minimum absolute atomic E-state index is 0.242. The van der Waals surface area contributed by atoms with Gasteiger partial charge in [-0.05, 0) is 36.8 Å². The number of fused-ring (bicyclic) bond motifs is 1. The van der Waals surface area contributed by atoms with E-state index in [-0.39, 0.29) is 6.61 Å². The van der Waals surface area contributed by atoms with Gasteiger partial charge in [0.05, 0.1) is 12.6 Å². The van der Waals surface area contributed by atoms with Crippen molar-refractivity contribution in [3.63, 3.8) is 0 Å². The first-order chi connectivity index (χ1) is 14.6. The maximum Gasteiger partial charge on any atom is 0.161 e. The molecule has 1 atom stereocenters. The molecule has 0 spiro atoms. The average molecular weight is 408 g/mol. The van der Waals surface area contributed by atoms with Gasteiger partial charge in [0, 0.05) is 38.1 Å². The third kappa shape index (κ3) is 4.66. The number of pyridine rings is 1. The Balaban J connectivity index is 1.29. The van der Waals surface area contributed by atoms with Crippen LogP contribution in [-0.4, -0.2) is 67.5 Å². The van der Waals surface area contributed by atoms with E-state index in [1.165, 1.54) is 10.9 Å². The van der Waals surface area contributed by atoms with Gasteiger partial charge in [0.15, 0.2) is 11.5 Å². The minimum atomic E-state index is -0.553. The van der Waals surface area contributed by atoms with Crippen LogP contribution in [0.4, 0.5) is 5.82 Å². The Morgan fingerprint density at radius 2 is 1.70 bits per heavy atom. The van der Waals surface area contributed by atoms with Crippen molar-refractivity contribution in [2.45, 2.75) is 13.0 Å². The zero-order valence-corrected chi connectivity index (χ0v) is 17.6. The van der Waals surface area contributed by atoms with Crippen LogP contribution in [0.2, 0.25) is 0 Å². The zero-order valence-electron chi connectivity index (χ0n) is 17.6. The molecule has 30 heavy (non-hydrogen) atoms. The van der Waals surface area contributed by atoms with E-state index in [9.17, 15) is 5.11 Å². The molecule has 0 bridgehead atoms. The number of piperazine rings is 1. The summed E-state index contributed by atoms with van der Waals surface area (Å²) in [4.78, 5) is 9.46. The number of hydrogen-bond donors (Lipinski definition) is 1. The first-order valence-corrected chi connectivity index (χ1v) is 10.4. The predicted molar refractivity (Wildman–Crippen MR) is 120 cm³/mol. The van der Waals surface area contributed by atoms with Crippen LogP contribution in [0.15, 0.2) is 54.6 Å². The fourth-order valence-corrected chi connectivity index (χ4v) is 3.93. The molecule has 1 N–H and O–H groups in total. The van der Waals surface area contributed by atoms with Crippen molar-refractivity contribution in [3.05, 3.63) is 60.2 Å². The molecule has 6 heteroatoms. The third-order valence-electron chi connectivity index (χ3n) is 5.58. The van der Waals surface area contributed by atoms with Gasteiger partial charge in [-0.15, -0.1) is 0 Å². The van der Waals surface area contributed by atoms with Crippen molar-refractivity contribution in [2.24, 2.45) is 0 Å². The molecule has 0 radical (unpaired) electrons. The second-order valence-electron chi connectivity index (χ2n) is 7.72. The van der Waals surface area contributed by atoms with Gasteiger partial charge in [-0.3, -0.25) is 4.90 Å². The van der Waals surface area contributed by atoms with E-state index >= 15 is 0 Å². The van der Waals surface area contributed by atoms with Crippen LogP contribution in [0, 0.1) is 6.92 Å². The highest BCUT2D eigenvalue weighted by molar-refractivity contribution is 5.83. The monoisotopic (exact) mass is 407 g/mol. The summed E-state index contributed by atoms with van der Waals surface area (Å²) in [5.74, 6) is 2.36. The van der Waals surface area contributed by atoms with Crippen molar-refractivity contribution in [2.75, 3.05) is 51.3 Å². The largest absolute Gasteiger partial charge is 0.493 e. The smallest absolute Gasteiger partial charge is 0.161 e. The van der Waals surface area contributed by atoms with E-state index in [1.54, 1.807) is 7.11 Å². The van der Waals surface area contributed by atoms with Gasteiger partial charge in [0.2, 0.25) is 0 Å². The van der Waals surface area contributed by atoms with Crippen LogP contribution < -0.4 is 14.4 Å². The normalized spacial score (nSPS) is 15.9. The second kappa shape index (κ2) is 9.32. The van der Waals surface area contributed by atoms with Crippen molar-refractivity contribution >= 4 is 16.7 Å². The van der Waals surface area contributed by atoms with E-state index in [4.69, 9.17) is 14.5 Å². The highest BCUT2D eigenvalue weighted by atomic mass is 16.5. The molecule has 0 aliphatic carbocycles. The Morgan fingerprint density at radius 1 is 1.00 bits per heavy atom. The summed E-state index contributed by atoms with van der Waals surface area (Å²) >= 11 is 0. The lowest BCUT2D eigenvalue weighted by atomic mass is 10.1. The Kier molecular flexibility index (Phi) is 6.35. The molecule has 1 aliphatic heterocycles. The number of para-hydroxylation sites is 3. The number of aromatic nitrogens is 1. The SMILES string of the molecule is COc1ccccc1OC[C@H](O)CN1CCN(c2cc(C)c3ccccc3n2)CC1. The molecule has 6 nitrogen and oxygen atoms in total. The number of methoxy groups -OCH3 is 1. The fraction of sp³-hybridized carbons (Fsp3) is 0.375. The lowest BCUT2D eigenvalue weighted by molar-refractivity contribution is 0.0653. The molecule has 3 aromatic rings. The lowest BCUT2D eigenvalue weighted by Gasteiger charge is -2.36. The van der Waals surface area contributed by atoms with E-state index in [2.05, 4.69) is 41.0 Å². The van der Waals surface area contributed by atoms with Gasteiger partial charge >= 0.3 is 0 Å². The molecule has 0 unspecified atom stereocenters. The fourth-order valence-electron chi connectivity index (χ4n) is 3.93. The lowest BCUT2D eigenvalue weighted by Crippen LogP contribution is -2.49. The summed E-state index contributed by atoms with van der Waals surface area (Å²) in [6.45, 7) is 6.54. The Labute approximate surface area is 177 Å². The Morgan fingerprint density at radius 3 is 2.47 bits per heavy atom. The summed E-state index contributed by atoms with van der Waals surface area (Å²) in [5.41, 5.74) is 2.29. The van der Waals surface area contributed by atoms with Crippen LogP contribution in [-0.2, 0) is 0 Å². The standard InChI is InChI=1S/C24H29N3O3/c1-18-15-24(25-21-8-4-3-7-20(18)21)27-13-11-26(12-14-27)16-19(28)17-30-23-10-6-5-9-22(23)29-2/h3-10,15,19,28H,11-14,16-17H2,1-2H3/t19-/m1/s1. The molecule has 1 fully saturated rings. The first kappa shape index (κ1) is 20.4. The zero-order chi connectivity index (χ0) is 20.9. The van der Waals surface area contributed by atoms with Crippen LogP contribution in [0.5, 0.6) is 11.5 Å². The van der Waals surface area contributed by atoms with Crippen LogP contribution in [0.3, 0.4) is 0 Å². The number of aliphatic hydroxyl groups excluding tert-OH is 1. The van der Waals surface area contributed by atoms with E-state index in [0.29, 0.717) is 18.0 Å². The van der Waals surface area contributed by atoms with Crippen LogP contribution in [0.25, 0.3) is 10.9 Å². The molecule has 4 rings (SSSR count). The highest BCUT2D eigenvalue weighted by Gasteiger charge is 2.21. The number of ether oxygens (including phenoxy) is 2.